The van der Waals surface area contributed by atoms with Crippen molar-refractivity contribution in [3.05, 3.63) is 24.4 Å². The van der Waals surface area contributed by atoms with Gasteiger partial charge in [0, 0.05) is 6.20 Å². The van der Waals surface area contributed by atoms with E-state index < -0.39 is 20.7 Å². The van der Waals surface area contributed by atoms with Gasteiger partial charge in [0.1, 0.15) is 0 Å². The van der Waals surface area contributed by atoms with Crippen LogP contribution in [0.1, 0.15) is 0 Å². The van der Waals surface area contributed by atoms with Crippen LogP contribution in [0.3, 0.4) is 0 Å². The Kier molecular flexibility index (Phi) is 3.88. The minimum atomic E-state index is -5.05. The Hall–Kier alpha value is -0.720. The predicted molar refractivity (Wildman–Crippen MR) is 57.0 cm³/mol. The molecule has 0 radical (unpaired) electrons. The first-order chi connectivity index (χ1) is 7.21. The van der Waals surface area contributed by atoms with Gasteiger partial charge >= 0.3 is 20.7 Å². The first kappa shape index (κ1) is 13.3. The zero-order valence-corrected chi connectivity index (χ0v) is 9.53. The molecule has 5 N–H and O–H groups in total. The highest BCUT2D eigenvalue weighted by molar-refractivity contribution is 8.00. The van der Waals surface area contributed by atoms with Gasteiger partial charge in [0.05, 0.1) is 0 Å². The van der Waals surface area contributed by atoms with Crippen molar-refractivity contribution < 1.29 is 29.0 Å². The fourth-order valence-electron chi connectivity index (χ4n) is 0.829. The number of nitrogens with zero attached hydrogens (tertiary/aromatic N) is 2. The molecule has 0 spiro atoms. The van der Waals surface area contributed by atoms with Crippen LogP contribution in [0, 0.1) is 0 Å². The van der Waals surface area contributed by atoms with E-state index in [1.165, 1.54) is 24.4 Å². The average Bonchev–Trinajstić information content (AvgIpc) is 2.12. The second kappa shape index (κ2) is 4.65. The fraction of sp³-hybridized carbons (Fsp3) is 0. The zero-order valence-electron chi connectivity index (χ0n) is 7.74. The third kappa shape index (κ3) is 3.70. The molecule has 0 atom stereocenters. The molecule has 1 heterocycles. The summed E-state index contributed by atoms with van der Waals surface area (Å²) >= 11 is 0. The highest BCUT2D eigenvalue weighted by atomic mass is 31.3. The SMILES string of the molecule is O=P(O)(O)C(=Nc1ccccn1)[P+](O)(O)O. The lowest BCUT2D eigenvalue weighted by molar-refractivity contribution is 0.349. The molecule has 1 aromatic heterocycles. The Bertz CT molecular complexity index is 436. The quantitative estimate of drug-likeness (QED) is 0.382. The van der Waals surface area contributed by atoms with Crippen LogP contribution < -0.4 is 0 Å². The normalized spacial score (nSPS) is 13.9. The summed E-state index contributed by atoms with van der Waals surface area (Å²) in [6.07, 6.45) is 1.29. The van der Waals surface area contributed by atoms with Crippen molar-refractivity contribution in [3.8, 4) is 0 Å². The summed E-state index contributed by atoms with van der Waals surface area (Å²) in [4.78, 5) is 50.9. The first-order valence-corrected chi connectivity index (χ1v) is 7.11. The number of rotatable bonds is 3. The lowest BCUT2D eigenvalue weighted by atomic mass is 10.5. The van der Waals surface area contributed by atoms with Gasteiger partial charge in [0.25, 0.3) is 0 Å². The van der Waals surface area contributed by atoms with E-state index in [9.17, 15) is 4.57 Å². The van der Waals surface area contributed by atoms with Gasteiger partial charge in [0.2, 0.25) is 0 Å². The van der Waals surface area contributed by atoms with E-state index in [-0.39, 0.29) is 5.82 Å². The van der Waals surface area contributed by atoms with E-state index in [0.29, 0.717) is 0 Å². The molecule has 0 saturated carbocycles. The van der Waals surface area contributed by atoms with Crippen LogP contribution in [0.5, 0.6) is 0 Å². The summed E-state index contributed by atoms with van der Waals surface area (Å²) in [5.41, 5.74) is 0. The molecule has 0 aliphatic heterocycles. The molecule has 0 aromatic carbocycles. The van der Waals surface area contributed by atoms with Crippen molar-refractivity contribution >= 4 is 26.6 Å². The van der Waals surface area contributed by atoms with Gasteiger partial charge in [-0.2, -0.15) is 19.7 Å². The molecule has 10 heteroatoms. The second-order valence-electron chi connectivity index (χ2n) is 2.71. The summed E-state index contributed by atoms with van der Waals surface area (Å²) in [5.74, 6) is -0.151. The molecule has 1 rings (SSSR count). The molecular formula is C6H9N2O6P2+. The first-order valence-electron chi connectivity index (χ1n) is 3.85. The third-order valence-electron chi connectivity index (χ3n) is 1.39. The average molecular weight is 267 g/mol. The molecule has 0 aliphatic carbocycles. The highest BCUT2D eigenvalue weighted by Crippen LogP contribution is 2.60. The van der Waals surface area contributed by atoms with Crippen molar-refractivity contribution in [2.24, 2.45) is 4.99 Å². The summed E-state index contributed by atoms with van der Waals surface area (Å²) in [5, 5.41) is -1.38. The summed E-state index contributed by atoms with van der Waals surface area (Å²) < 4.78 is 10.9. The molecule has 8 nitrogen and oxygen atoms in total. The second-order valence-corrected chi connectivity index (χ2v) is 6.14. The van der Waals surface area contributed by atoms with Gasteiger partial charge in [0.15, 0.2) is 5.82 Å². The lowest BCUT2D eigenvalue weighted by Crippen LogP contribution is -2.06. The van der Waals surface area contributed by atoms with E-state index in [1.54, 1.807) is 0 Å². The smallest absolute Gasteiger partial charge is 0.317 e. The van der Waals surface area contributed by atoms with Gasteiger partial charge in [-0.15, -0.1) is 0 Å². The Morgan fingerprint density at radius 3 is 2.31 bits per heavy atom. The maximum Gasteiger partial charge on any atom is 0.469 e. The molecule has 0 saturated heterocycles. The molecule has 16 heavy (non-hydrogen) atoms. The molecule has 0 unspecified atom stereocenters. The Labute approximate surface area is 90.7 Å². The van der Waals surface area contributed by atoms with Crippen LogP contribution in [0.15, 0.2) is 29.4 Å². The molecule has 0 bridgehead atoms. The van der Waals surface area contributed by atoms with E-state index in [0.717, 1.165) is 0 Å². The standard InChI is InChI=1S/C6H8N2O6P2/c9-15(10,11)6(16(12,13)14)8-5-3-1-2-4-7-5/h1-4,9-11H,(H-,12,13,14)/p+1. The molecule has 0 aliphatic rings. The topological polar surface area (TPSA) is 143 Å². The largest absolute Gasteiger partial charge is 0.469 e. The predicted octanol–water partition coefficient (Wildman–Crippen LogP) is -0.0137. The molecular weight excluding hydrogens is 258 g/mol. The Balaban J connectivity index is 3.24. The minimum Gasteiger partial charge on any atom is -0.317 e. The molecule has 0 amide bonds. The van der Waals surface area contributed by atoms with Crippen LogP contribution in [0.4, 0.5) is 5.82 Å². The van der Waals surface area contributed by atoms with E-state index in [1.807, 2.05) is 0 Å². The van der Waals surface area contributed by atoms with Gasteiger partial charge in [-0.1, -0.05) is 6.07 Å². The third-order valence-corrected chi connectivity index (χ3v) is 4.24. The van der Waals surface area contributed by atoms with Crippen LogP contribution in [-0.2, 0) is 4.57 Å². The zero-order chi connectivity index (χ0) is 12.4. The fourth-order valence-corrected chi connectivity index (χ4v) is 2.70. The number of aromatic nitrogens is 1. The van der Waals surface area contributed by atoms with Gasteiger partial charge in [-0.05, 0) is 12.1 Å². The molecule has 88 valence electrons. The summed E-state index contributed by atoms with van der Waals surface area (Å²) in [6.45, 7) is 0. The van der Waals surface area contributed by atoms with Crippen molar-refractivity contribution in [1.82, 2.24) is 4.98 Å². The van der Waals surface area contributed by atoms with Crippen molar-refractivity contribution in [2.45, 2.75) is 0 Å². The highest BCUT2D eigenvalue weighted by Gasteiger charge is 2.51. The van der Waals surface area contributed by atoms with Gasteiger partial charge < -0.3 is 9.79 Å². The monoisotopic (exact) mass is 267 g/mol. The van der Waals surface area contributed by atoms with E-state index in [2.05, 4.69) is 9.98 Å². The van der Waals surface area contributed by atoms with Crippen LogP contribution in [-0.4, -0.2) is 34.6 Å². The molecule has 1 aromatic rings. The van der Waals surface area contributed by atoms with Crippen LogP contribution >= 0.6 is 15.5 Å². The summed E-state index contributed by atoms with van der Waals surface area (Å²) in [6, 6.07) is 4.30. The molecule has 0 fully saturated rings. The Morgan fingerprint density at radius 1 is 1.31 bits per heavy atom. The maximum absolute atomic E-state index is 10.9. The van der Waals surface area contributed by atoms with Crippen LogP contribution in [0.25, 0.3) is 0 Å². The number of pyridine rings is 1. The van der Waals surface area contributed by atoms with Gasteiger partial charge in [-0.25, -0.2) is 9.55 Å². The van der Waals surface area contributed by atoms with Gasteiger partial charge in [-0.3, -0.25) is 0 Å². The van der Waals surface area contributed by atoms with Crippen molar-refractivity contribution in [3.63, 3.8) is 0 Å². The number of hydrogen-bond donors (Lipinski definition) is 5. The Morgan fingerprint density at radius 2 is 1.94 bits per heavy atom. The van der Waals surface area contributed by atoms with E-state index >= 15 is 0 Å². The van der Waals surface area contributed by atoms with Crippen molar-refractivity contribution in [1.29, 1.82) is 0 Å². The summed E-state index contributed by atoms with van der Waals surface area (Å²) in [7, 11) is -9.92. The van der Waals surface area contributed by atoms with Crippen molar-refractivity contribution in [2.75, 3.05) is 0 Å². The van der Waals surface area contributed by atoms with Crippen LogP contribution in [0.2, 0.25) is 0 Å². The number of hydrogen-bond acceptors (Lipinski definition) is 6. The minimum absolute atomic E-state index is 0.151. The number of aliphatic imine (C=N–C) groups is 1. The lowest BCUT2D eigenvalue weighted by Gasteiger charge is -2.07. The maximum atomic E-state index is 10.9. The van der Waals surface area contributed by atoms with E-state index in [4.69, 9.17) is 24.5 Å².